The lowest BCUT2D eigenvalue weighted by atomic mass is 10.0. The van der Waals surface area contributed by atoms with Gasteiger partial charge in [-0.2, -0.15) is 0 Å². The molecular formula is C30H36N4O6S. The Morgan fingerprint density at radius 1 is 0.976 bits per heavy atom. The number of unbranched alkanes of at least 4 members (excludes halogenated alkanes) is 1. The van der Waals surface area contributed by atoms with Gasteiger partial charge in [-0.05, 0) is 30.0 Å². The minimum Gasteiger partial charge on any atom is -0.354 e. The third kappa shape index (κ3) is 8.87. The summed E-state index contributed by atoms with van der Waals surface area (Å²) in [5, 5.41) is 14.4. The number of nitrogens with one attached hydrogen (secondary N) is 1. The van der Waals surface area contributed by atoms with Crippen molar-refractivity contribution in [3.8, 4) is 0 Å². The Morgan fingerprint density at radius 2 is 1.59 bits per heavy atom. The highest BCUT2D eigenvalue weighted by molar-refractivity contribution is 7.92. The predicted octanol–water partition coefficient (Wildman–Crippen LogP) is 4.23. The highest BCUT2D eigenvalue weighted by Crippen LogP contribution is 2.28. The van der Waals surface area contributed by atoms with Gasteiger partial charge < -0.3 is 10.2 Å². The summed E-state index contributed by atoms with van der Waals surface area (Å²) in [5.41, 5.74) is 1.77. The molecule has 1 atom stereocenters. The number of amides is 2. The van der Waals surface area contributed by atoms with Crippen molar-refractivity contribution in [3.63, 3.8) is 0 Å². The third-order valence-electron chi connectivity index (χ3n) is 6.65. The van der Waals surface area contributed by atoms with E-state index >= 15 is 0 Å². The smallest absolute Gasteiger partial charge is 0.271 e. The number of benzene rings is 3. The topological polar surface area (TPSA) is 130 Å². The van der Waals surface area contributed by atoms with E-state index < -0.39 is 33.4 Å². The molecule has 11 heteroatoms. The Hall–Kier alpha value is -4.25. The maximum Gasteiger partial charge on any atom is 0.271 e. The van der Waals surface area contributed by atoms with E-state index in [1.807, 2.05) is 67.6 Å². The van der Waals surface area contributed by atoms with Crippen molar-refractivity contribution in [2.45, 2.75) is 45.7 Å². The number of hydrogen-bond donors (Lipinski definition) is 1. The van der Waals surface area contributed by atoms with Crippen LogP contribution in [0.15, 0.2) is 78.9 Å². The molecule has 3 aromatic carbocycles. The monoisotopic (exact) mass is 580 g/mol. The Balaban J connectivity index is 2.06. The second-order valence-corrected chi connectivity index (χ2v) is 11.8. The zero-order chi connectivity index (χ0) is 30.0. The number of nitro groups is 1. The zero-order valence-electron chi connectivity index (χ0n) is 23.5. The summed E-state index contributed by atoms with van der Waals surface area (Å²) in [6, 6.07) is 21.4. The number of non-ortho nitro benzene ring substituents is 1. The molecule has 0 aliphatic carbocycles. The largest absolute Gasteiger partial charge is 0.354 e. The van der Waals surface area contributed by atoms with Gasteiger partial charge >= 0.3 is 0 Å². The van der Waals surface area contributed by atoms with Gasteiger partial charge in [-0.3, -0.25) is 24.0 Å². The van der Waals surface area contributed by atoms with Crippen molar-refractivity contribution in [2.24, 2.45) is 0 Å². The van der Waals surface area contributed by atoms with Gasteiger partial charge in [-0.15, -0.1) is 0 Å². The number of aryl methyl sites for hydroxylation is 1. The van der Waals surface area contributed by atoms with Crippen LogP contribution < -0.4 is 9.62 Å². The molecule has 0 unspecified atom stereocenters. The fourth-order valence-electron chi connectivity index (χ4n) is 4.42. The molecule has 2 amide bonds. The first kappa shape index (κ1) is 31.3. The molecule has 0 aliphatic rings. The van der Waals surface area contributed by atoms with E-state index in [0.717, 1.165) is 40.6 Å². The van der Waals surface area contributed by atoms with Crippen LogP contribution in [0.5, 0.6) is 0 Å². The molecule has 0 aliphatic heterocycles. The summed E-state index contributed by atoms with van der Waals surface area (Å²) in [7, 11) is -4.04. The van der Waals surface area contributed by atoms with E-state index in [0.29, 0.717) is 12.1 Å². The van der Waals surface area contributed by atoms with Crippen LogP contribution in [0.2, 0.25) is 0 Å². The Bertz CT molecular complexity index is 1450. The standard InChI is InChI=1S/C30H36N4O6S/c1-4-5-18-31-30(36)28(19-24-12-8-6-9-13-24)32(21-25-14-10-7-11-15-25)29(35)22-33(41(3,39)40)27-20-26(34(37)38)17-16-23(27)2/h6-17,20,28H,4-5,18-19,21-22H2,1-3H3,(H,31,36)/t28-/m0/s1. The number of rotatable bonds is 14. The fourth-order valence-corrected chi connectivity index (χ4v) is 5.31. The van der Waals surface area contributed by atoms with Crippen LogP contribution in [0.25, 0.3) is 0 Å². The van der Waals surface area contributed by atoms with Gasteiger partial charge in [0.2, 0.25) is 21.8 Å². The number of carbonyl (C=O) groups excluding carboxylic acids is 2. The minimum absolute atomic E-state index is 0.0294. The number of nitro benzene ring substituents is 1. The molecule has 1 N–H and O–H groups in total. The molecule has 0 saturated carbocycles. The maximum atomic E-state index is 14.1. The Kier molecular flexibility index (Phi) is 11.0. The number of carbonyl (C=O) groups is 2. The van der Waals surface area contributed by atoms with Gasteiger partial charge in [0.15, 0.2) is 0 Å². The highest BCUT2D eigenvalue weighted by atomic mass is 32.2. The van der Waals surface area contributed by atoms with Crippen molar-refractivity contribution in [2.75, 3.05) is 23.7 Å². The molecular weight excluding hydrogens is 544 g/mol. The van der Waals surface area contributed by atoms with Gasteiger partial charge in [0.05, 0.1) is 16.9 Å². The van der Waals surface area contributed by atoms with E-state index in [-0.39, 0.29) is 30.2 Å². The quantitative estimate of drug-likeness (QED) is 0.173. The number of hydrogen-bond acceptors (Lipinski definition) is 6. The Labute approximate surface area is 241 Å². The second kappa shape index (κ2) is 14.4. The normalized spacial score (nSPS) is 11.9. The van der Waals surface area contributed by atoms with Crippen LogP contribution in [0.1, 0.15) is 36.5 Å². The summed E-state index contributed by atoms with van der Waals surface area (Å²) in [5.74, 6) is -0.958. The summed E-state index contributed by atoms with van der Waals surface area (Å²) in [4.78, 5) is 39.9. The summed E-state index contributed by atoms with van der Waals surface area (Å²) < 4.78 is 26.8. The van der Waals surface area contributed by atoms with Crippen LogP contribution in [-0.4, -0.2) is 55.4 Å². The van der Waals surface area contributed by atoms with Crippen LogP contribution in [0, 0.1) is 17.0 Å². The van der Waals surface area contributed by atoms with E-state index in [9.17, 15) is 28.1 Å². The number of anilines is 1. The molecule has 3 rings (SSSR count). The average Bonchev–Trinajstić information content (AvgIpc) is 2.94. The first-order valence-electron chi connectivity index (χ1n) is 13.4. The van der Waals surface area contributed by atoms with E-state index in [1.54, 1.807) is 6.92 Å². The molecule has 0 spiro atoms. The fraction of sp³-hybridized carbons (Fsp3) is 0.333. The van der Waals surface area contributed by atoms with Crippen molar-refractivity contribution in [1.82, 2.24) is 10.2 Å². The first-order valence-corrected chi connectivity index (χ1v) is 15.2. The number of nitrogens with zero attached hydrogens (tertiary/aromatic N) is 3. The molecule has 218 valence electrons. The number of sulfonamides is 1. The Morgan fingerprint density at radius 3 is 2.15 bits per heavy atom. The molecule has 10 nitrogen and oxygen atoms in total. The lowest BCUT2D eigenvalue weighted by Gasteiger charge is -2.33. The highest BCUT2D eigenvalue weighted by Gasteiger charge is 2.33. The average molecular weight is 581 g/mol. The van der Waals surface area contributed by atoms with Crippen molar-refractivity contribution >= 4 is 33.2 Å². The second-order valence-electron chi connectivity index (χ2n) is 9.85. The van der Waals surface area contributed by atoms with Crippen molar-refractivity contribution in [3.05, 3.63) is 106 Å². The zero-order valence-corrected chi connectivity index (χ0v) is 24.3. The molecule has 0 fully saturated rings. The lowest BCUT2D eigenvalue weighted by Crippen LogP contribution is -2.53. The first-order chi connectivity index (χ1) is 19.5. The van der Waals surface area contributed by atoms with Gasteiger partial charge in [-0.1, -0.05) is 80.1 Å². The van der Waals surface area contributed by atoms with Gasteiger partial charge in [0.25, 0.3) is 5.69 Å². The van der Waals surface area contributed by atoms with Crippen molar-refractivity contribution in [1.29, 1.82) is 0 Å². The third-order valence-corrected chi connectivity index (χ3v) is 7.77. The van der Waals surface area contributed by atoms with E-state index in [4.69, 9.17) is 0 Å². The lowest BCUT2D eigenvalue weighted by molar-refractivity contribution is -0.384. The van der Waals surface area contributed by atoms with Crippen molar-refractivity contribution < 1.29 is 22.9 Å². The minimum atomic E-state index is -4.04. The maximum absolute atomic E-state index is 14.1. The summed E-state index contributed by atoms with van der Waals surface area (Å²) in [6.45, 7) is 3.48. The summed E-state index contributed by atoms with van der Waals surface area (Å²) in [6.07, 6.45) is 2.80. The molecule has 0 radical (unpaired) electrons. The van der Waals surface area contributed by atoms with E-state index in [1.165, 1.54) is 17.0 Å². The van der Waals surface area contributed by atoms with E-state index in [2.05, 4.69) is 5.32 Å². The molecule has 0 saturated heterocycles. The van der Waals surface area contributed by atoms with Gasteiger partial charge in [0.1, 0.15) is 12.6 Å². The molecule has 3 aromatic rings. The van der Waals surface area contributed by atoms with Gasteiger partial charge in [0, 0.05) is 31.6 Å². The molecule has 0 heterocycles. The molecule has 41 heavy (non-hydrogen) atoms. The molecule has 0 aromatic heterocycles. The SMILES string of the molecule is CCCCNC(=O)[C@H](Cc1ccccc1)N(Cc1ccccc1)C(=O)CN(c1cc([N+](=O)[O-])ccc1C)S(C)(=O)=O. The predicted molar refractivity (Wildman–Crippen MR) is 159 cm³/mol. The van der Waals surface area contributed by atoms with Crippen LogP contribution in [0.3, 0.4) is 0 Å². The summed E-state index contributed by atoms with van der Waals surface area (Å²) >= 11 is 0. The van der Waals surface area contributed by atoms with Crippen LogP contribution in [-0.2, 0) is 32.6 Å². The van der Waals surface area contributed by atoms with Crippen LogP contribution in [0.4, 0.5) is 11.4 Å². The van der Waals surface area contributed by atoms with Crippen LogP contribution >= 0.6 is 0 Å². The van der Waals surface area contributed by atoms with Gasteiger partial charge in [-0.25, -0.2) is 8.42 Å². The molecule has 0 bridgehead atoms.